The van der Waals surface area contributed by atoms with Crippen molar-refractivity contribution in [2.75, 3.05) is 4.90 Å². The second-order valence-corrected chi connectivity index (χ2v) is 8.57. The number of rotatable bonds is 5. The average Bonchev–Trinajstić information content (AvgIpc) is 3.21. The lowest BCUT2D eigenvalue weighted by atomic mass is 9.99. The molecule has 1 aromatic heterocycles. The summed E-state index contributed by atoms with van der Waals surface area (Å²) in [7, 11) is 0. The van der Waals surface area contributed by atoms with Gasteiger partial charge in [-0.05, 0) is 57.4 Å². The van der Waals surface area contributed by atoms with Gasteiger partial charge in [0, 0.05) is 22.2 Å². The first-order valence-electron chi connectivity index (χ1n) is 9.41. The smallest absolute Gasteiger partial charge is 0.280 e. The van der Waals surface area contributed by atoms with Crippen molar-refractivity contribution < 1.29 is 14.0 Å². The summed E-state index contributed by atoms with van der Waals surface area (Å²) >= 11 is 1.03. The number of anilines is 1. The molecule has 3 aromatic rings. The van der Waals surface area contributed by atoms with Crippen LogP contribution in [0.5, 0.6) is 0 Å². The molecular weight excluding hydrogens is 403 g/mol. The van der Waals surface area contributed by atoms with E-state index in [9.17, 15) is 14.0 Å². The van der Waals surface area contributed by atoms with Gasteiger partial charge in [-0.1, -0.05) is 40.4 Å². The molecule has 8 heteroatoms. The molecule has 2 aromatic carbocycles. The van der Waals surface area contributed by atoms with Gasteiger partial charge >= 0.3 is 0 Å². The molecule has 0 aliphatic carbocycles. The van der Waals surface area contributed by atoms with E-state index in [1.54, 1.807) is 24.3 Å². The van der Waals surface area contributed by atoms with Crippen LogP contribution in [0.2, 0.25) is 0 Å². The number of hydrogen-bond donors (Lipinski definition) is 1. The van der Waals surface area contributed by atoms with E-state index in [0.29, 0.717) is 5.69 Å². The Kier molecular flexibility index (Phi) is 6.26. The number of carbonyl (C=O) groups excluding carboxylic acids is 2. The van der Waals surface area contributed by atoms with Gasteiger partial charge in [-0.3, -0.25) is 14.5 Å². The van der Waals surface area contributed by atoms with Crippen LogP contribution in [-0.4, -0.2) is 26.9 Å². The Bertz CT molecular complexity index is 1030. The van der Waals surface area contributed by atoms with Crippen molar-refractivity contribution >= 4 is 29.0 Å². The number of carbonyl (C=O) groups is 2. The molecule has 30 heavy (non-hydrogen) atoms. The van der Waals surface area contributed by atoms with Crippen molar-refractivity contribution in [1.29, 1.82) is 0 Å². The fraction of sp³-hybridized carbons (Fsp3) is 0.273. The molecular formula is C22H23FN4O2S. The summed E-state index contributed by atoms with van der Waals surface area (Å²) in [5.74, 6) is -1.61. The van der Waals surface area contributed by atoms with Gasteiger partial charge in [0.05, 0.1) is 0 Å². The Morgan fingerprint density at radius 3 is 2.33 bits per heavy atom. The summed E-state index contributed by atoms with van der Waals surface area (Å²) in [6, 6.07) is 11.8. The zero-order valence-electron chi connectivity index (χ0n) is 17.2. The van der Waals surface area contributed by atoms with Crippen molar-refractivity contribution in [2.24, 2.45) is 0 Å². The predicted molar refractivity (Wildman–Crippen MR) is 115 cm³/mol. The monoisotopic (exact) mass is 426 g/mol. The van der Waals surface area contributed by atoms with Gasteiger partial charge in [0.2, 0.25) is 5.91 Å². The Morgan fingerprint density at radius 2 is 1.77 bits per heavy atom. The molecule has 0 saturated heterocycles. The van der Waals surface area contributed by atoms with Crippen molar-refractivity contribution in [1.82, 2.24) is 14.9 Å². The van der Waals surface area contributed by atoms with Crippen molar-refractivity contribution in [3.05, 3.63) is 76.5 Å². The Hall–Kier alpha value is -3.13. The van der Waals surface area contributed by atoms with E-state index in [-0.39, 0.29) is 11.3 Å². The molecule has 6 nitrogen and oxygen atoms in total. The van der Waals surface area contributed by atoms with E-state index in [1.165, 1.54) is 22.4 Å². The first-order chi connectivity index (χ1) is 14.2. The van der Waals surface area contributed by atoms with Crippen LogP contribution in [0.15, 0.2) is 53.9 Å². The first-order valence-corrected chi connectivity index (χ1v) is 10.2. The molecule has 0 bridgehead atoms. The first kappa shape index (κ1) is 21.6. The van der Waals surface area contributed by atoms with Crippen LogP contribution in [-0.2, 0) is 4.79 Å². The Morgan fingerprint density at radius 1 is 1.10 bits per heavy atom. The molecule has 1 heterocycles. The van der Waals surface area contributed by atoms with Crippen LogP contribution in [0, 0.1) is 12.7 Å². The van der Waals surface area contributed by atoms with E-state index < -0.39 is 29.2 Å². The lowest BCUT2D eigenvalue weighted by Gasteiger charge is -2.33. The zero-order chi connectivity index (χ0) is 21.9. The highest BCUT2D eigenvalue weighted by Crippen LogP contribution is 2.31. The van der Waals surface area contributed by atoms with E-state index in [2.05, 4.69) is 14.9 Å². The highest BCUT2D eigenvalue weighted by atomic mass is 32.1. The summed E-state index contributed by atoms with van der Waals surface area (Å²) < 4.78 is 18.6. The maximum Gasteiger partial charge on any atom is 0.280 e. The summed E-state index contributed by atoms with van der Waals surface area (Å²) in [6.07, 6.45) is 0. The highest BCUT2D eigenvalue weighted by molar-refractivity contribution is 7.03. The number of benzene rings is 2. The molecule has 1 atom stereocenters. The fourth-order valence-corrected chi connectivity index (χ4v) is 3.43. The number of halogens is 1. The van der Waals surface area contributed by atoms with Crippen LogP contribution >= 0.6 is 11.5 Å². The molecule has 0 fully saturated rings. The van der Waals surface area contributed by atoms with Crippen LogP contribution in [0.4, 0.5) is 10.1 Å². The lowest BCUT2D eigenvalue weighted by molar-refractivity contribution is -0.124. The van der Waals surface area contributed by atoms with E-state index in [0.717, 1.165) is 17.1 Å². The van der Waals surface area contributed by atoms with Crippen LogP contribution < -0.4 is 10.2 Å². The second-order valence-electron chi connectivity index (χ2n) is 7.96. The summed E-state index contributed by atoms with van der Waals surface area (Å²) in [4.78, 5) is 28.1. The predicted octanol–water partition coefficient (Wildman–Crippen LogP) is 4.29. The Balaban J connectivity index is 2.19. The number of nitrogens with one attached hydrogen (secondary N) is 1. The second kappa shape index (κ2) is 8.71. The minimum Gasteiger partial charge on any atom is -0.349 e. The van der Waals surface area contributed by atoms with Crippen molar-refractivity contribution in [3.8, 4) is 0 Å². The normalized spacial score (nSPS) is 12.3. The Labute approximate surface area is 178 Å². The molecule has 1 unspecified atom stereocenters. The largest absolute Gasteiger partial charge is 0.349 e. The maximum atomic E-state index is 14.8. The third-order valence-electron chi connectivity index (χ3n) is 4.31. The average molecular weight is 427 g/mol. The number of nitrogens with zero attached hydrogens (tertiary/aromatic N) is 3. The van der Waals surface area contributed by atoms with Crippen LogP contribution in [0.3, 0.4) is 0 Å². The van der Waals surface area contributed by atoms with Gasteiger partial charge in [-0.2, -0.15) is 0 Å². The van der Waals surface area contributed by atoms with Crippen molar-refractivity contribution in [2.45, 2.75) is 39.3 Å². The van der Waals surface area contributed by atoms with Crippen LogP contribution in [0.1, 0.15) is 48.4 Å². The topological polar surface area (TPSA) is 75.2 Å². The maximum absolute atomic E-state index is 14.8. The zero-order valence-corrected chi connectivity index (χ0v) is 18.0. The van der Waals surface area contributed by atoms with E-state index in [1.807, 2.05) is 39.8 Å². The number of hydrogen-bond acceptors (Lipinski definition) is 5. The minimum absolute atomic E-state index is 0.0884. The van der Waals surface area contributed by atoms with Gasteiger partial charge in [-0.25, -0.2) is 4.39 Å². The standard InChI is InChI=1S/C22H23FN4O2S/c1-14-9-11-15(12-10-14)27(21(29)18-13-30-26-25-18)19(20(28)24-22(2,3)4)16-7-5-6-8-17(16)23/h5-13,19H,1-4H3,(H,24,28). The van der Waals surface area contributed by atoms with Crippen molar-refractivity contribution in [3.63, 3.8) is 0 Å². The lowest BCUT2D eigenvalue weighted by Crippen LogP contribution is -2.49. The molecule has 156 valence electrons. The number of aromatic nitrogens is 2. The van der Waals surface area contributed by atoms with Gasteiger partial charge in [0.1, 0.15) is 11.9 Å². The van der Waals surface area contributed by atoms with Gasteiger partial charge < -0.3 is 5.32 Å². The van der Waals surface area contributed by atoms with Crippen LogP contribution in [0.25, 0.3) is 0 Å². The summed E-state index contributed by atoms with van der Waals surface area (Å²) in [5, 5.41) is 8.24. The molecule has 1 N–H and O–H groups in total. The van der Waals surface area contributed by atoms with E-state index in [4.69, 9.17) is 0 Å². The number of aryl methyl sites for hydroxylation is 1. The molecule has 0 aliphatic rings. The molecule has 0 aliphatic heterocycles. The van der Waals surface area contributed by atoms with Gasteiger partial charge in [-0.15, -0.1) is 5.10 Å². The number of amides is 2. The quantitative estimate of drug-likeness (QED) is 0.660. The summed E-state index contributed by atoms with van der Waals surface area (Å²) in [6.45, 7) is 7.39. The van der Waals surface area contributed by atoms with Gasteiger partial charge in [0.15, 0.2) is 5.69 Å². The molecule has 0 spiro atoms. The van der Waals surface area contributed by atoms with Gasteiger partial charge in [0.25, 0.3) is 5.91 Å². The molecule has 0 radical (unpaired) electrons. The highest BCUT2D eigenvalue weighted by Gasteiger charge is 2.37. The van der Waals surface area contributed by atoms with E-state index >= 15 is 0 Å². The fourth-order valence-electron chi connectivity index (χ4n) is 3.00. The minimum atomic E-state index is -1.23. The summed E-state index contributed by atoms with van der Waals surface area (Å²) in [5.41, 5.74) is 1.05. The SMILES string of the molecule is Cc1ccc(N(C(=O)c2csnn2)C(C(=O)NC(C)(C)C)c2ccccc2F)cc1. The third kappa shape index (κ3) is 4.88. The molecule has 3 rings (SSSR count). The molecule has 0 saturated carbocycles. The third-order valence-corrected chi connectivity index (χ3v) is 4.82. The molecule has 2 amide bonds.